The van der Waals surface area contributed by atoms with E-state index in [-0.39, 0.29) is 29.5 Å². The largest absolute Gasteiger partial charge is 0.394 e. The molecule has 0 spiro atoms. The summed E-state index contributed by atoms with van der Waals surface area (Å²) in [5, 5.41) is 20.9. The van der Waals surface area contributed by atoms with Crippen LogP contribution in [0.4, 0.5) is 16.2 Å². The van der Waals surface area contributed by atoms with Gasteiger partial charge in [-0.15, -0.1) is 0 Å². The standard InChI is InChI=1S/C21H24FN10O8PS/c22-8-7(1-33)39-19(32-6-28-10-16(32)29-20(24)30-17(10)35)12(8)41(36,42)38-3-21-2-37-11(13(21)34)18(40-21)31-5-27-9-14(23)25-4-26-15(9)31/h4-8,11-13,18-19,33-34H,1-3H2,(H,36,42)(H2,23,25,26)(H3,24,29,30,35)/t7-,8-,11-,12-,13?,18-,19-,21-,41?/m1/s1. The highest BCUT2D eigenvalue weighted by Gasteiger charge is 2.63. The Balaban J connectivity index is 1.17. The van der Waals surface area contributed by atoms with E-state index in [0.29, 0.717) is 11.2 Å². The molecule has 2 bridgehead atoms. The Bertz CT molecular complexity index is 1810. The second-order valence-electron chi connectivity index (χ2n) is 10.2. The van der Waals surface area contributed by atoms with E-state index >= 15 is 4.39 Å². The molecule has 3 saturated heterocycles. The molecular weight excluding hydrogens is 602 g/mol. The van der Waals surface area contributed by atoms with E-state index in [2.05, 4.69) is 29.9 Å². The molecule has 42 heavy (non-hydrogen) atoms. The average Bonchev–Trinajstić information content (AvgIpc) is 3.75. The molecule has 3 fully saturated rings. The minimum atomic E-state index is -4.16. The zero-order valence-electron chi connectivity index (χ0n) is 21.3. The van der Waals surface area contributed by atoms with Gasteiger partial charge in [-0.25, -0.2) is 24.3 Å². The number of nitrogens with zero attached hydrogens (tertiary/aromatic N) is 7. The van der Waals surface area contributed by atoms with Crippen LogP contribution in [0.1, 0.15) is 12.5 Å². The van der Waals surface area contributed by atoms with Gasteiger partial charge in [0.05, 0.1) is 32.5 Å². The highest BCUT2D eigenvalue weighted by Crippen LogP contribution is 2.59. The topological polar surface area (TPSA) is 257 Å². The van der Waals surface area contributed by atoms with Crippen molar-refractivity contribution in [3.8, 4) is 0 Å². The highest BCUT2D eigenvalue weighted by atomic mass is 32.5. The Morgan fingerprint density at radius 3 is 2.69 bits per heavy atom. The summed E-state index contributed by atoms with van der Waals surface area (Å²) in [7, 11) is 0. The number of aromatic amines is 1. The monoisotopic (exact) mass is 626 g/mol. The lowest BCUT2D eigenvalue weighted by atomic mass is 10.0. The molecule has 0 aliphatic carbocycles. The predicted molar refractivity (Wildman–Crippen MR) is 143 cm³/mol. The van der Waals surface area contributed by atoms with Crippen LogP contribution in [0.2, 0.25) is 0 Å². The molecule has 7 rings (SSSR count). The van der Waals surface area contributed by atoms with Gasteiger partial charge in [-0.3, -0.25) is 18.9 Å². The Morgan fingerprint density at radius 2 is 1.93 bits per heavy atom. The van der Waals surface area contributed by atoms with Crippen molar-refractivity contribution < 1.29 is 38.2 Å². The number of nitrogen functional groups attached to an aromatic ring is 2. The maximum Gasteiger partial charge on any atom is 0.280 e. The summed E-state index contributed by atoms with van der Waals surface area (Å²) in [5.41, 5.74) is 8.42. The van der Waals surface area contributed by atoms with Crippen molar-refractivity contribution in [3.63, 3.8) is 0 Å². The number of aliphatic hydroxyl groups excluding tert-OH is 2. The van der Waals surface area contributed by atoms with Crippen LogP contribution in [-0.4, -0.2) is 110 Å². The van der Waals surface area contributed by atoms with E-state index in [1.165, 1.54) is 28.1 Å². The van der Waals surface area contributed by atoms with Crippen molar-refractivity contribution in [3.05, 3.63) is 29.3 Å². The van der Waals surface area contributed by atoms with Crippen molar-refractivity contribution in [2.24, 2.45) is 0 Å². The molecule has 4 aromatic heterocycles. The third kappa shape index (κ3) is 3.98. The number of nitrogens with one attached hydrogen (secondary N) is 1. The quantitative estimate of drug-likeness (QED) is 0.122. The van der Waals surface area contributed by atoms with Gasteiger partial charge in [-0.2, -0.15) is 4.98 Å². The van der Waals surface area contributed by atoms with E-state index < -0.39 is 73.5 Å². The smallest absolute Gasteiger partial charge is 0.280 e. The van der Waals surface area contributed by atoms with Crippen LogP contribution in [0.25, 0.3) is 22.3 Å². The third-order valence-electron chi connectivity index (χ3n) is 7.73. The average molecular weight is 627 g/mol. The van der Waals surface area contributed by atoms with Gasteiger partial charge in [0.1, 0.15) is 47.6 Å². The molecule has 2 unspecified atom stereocenters. The predicted octanol–water partition coefficient (Wildman–Crippen LogP) is -1.93. The number of imidazole rings is 2. The fraction of sp³-hybridized carbons (Fsp3) is 0.524. The fourth-order valence-corrected chi connectivity index (χ4v) is 8.12. The van der Waals surface area contributed by atoms with Crippen molar-refractivity contribution in [2.45, 2.75) is 48.2 Å². The zero-order chi connectivity index (χ0) is 29.6. The van der Waals surface area contributed by atoms with E-state index in [9.17, 15) is 19.9 Å². The second kappa shape index (κ2) is 9.66. The lowest BCUT2D eigenvalue weighted by molar-refractivity contribution is -0.182. The molecular formula is C21H24FN10O8PS. The van der Waals surface area contributed by atoms with Crippen molar-refractivity contribution in [1.29, 1.82) is 0 Å². The minimum absolute atomic E-state index is 0.0490. The number of hydrogen-bond acceptors (Lipinski definition) is 15. The van der Waals surface area contributed by atoms with Crippen LogP contribution in [0.3, 0.4) is 0 Å². The molecule has 8 N–H and O–H groups in total. The molecule has 224 valence electrons. The molecule has 0 amide bonds. The molecule has 0 aromatic carbocycles. The van der Waals surface area contributed by atoms with E-state index in [1.54, 1.807) is 0 Å². The van der Waals surface area contributed by atoms with Gasteiger partial charge in [0.15, 0.2) is 41.6 Å². The lowest BCUT2D eigenvalue weighted by Gasteiger charge is -2.34. The normalized spacial score (nSPS) is 34.0. The first-order valence-electron chi connectivity index (χ1n) is 12.5. The highest BCUT2D eigenvalue weighted by molar-refractivity contribution is 8.09. The Labute approximate surface area is 238 Å². The van der Waals surface area contributed by atoms with Crippen molar-refractivity contribution in [1.82, 2.24) is 39.0 Å². The summed E-state index contributed by atoms with van der Waals surface area (Å²) in [6.07, 6.45) is -3.87. The first-order chi connectivity index (χ1) is 20.0. The van der Waals surface area contributed by atoms with Gasteiger partial charge < -0.3 is 45.3 Å². The van der Waals surface area contributed by atoms with Crippen LogP contribution in [0.5, 0.6) is 0 Å². The van der Waals surface area contributed by atoms with Crippen LogP contribution >= 0.6 is 6.49 Å². The number of ether oxygens (including phenoxy) is 3. The SMILES string of the molecule is Nc1nc2c(ncn2[C@@H]2O[C@H](CO)[C@@H](F)[C@H]2P(O)(=S)OC[C@]23CO[C@H](C2O)[C@H](n2cnc4c(N)ncnc42)O3)c(=O)[nH]1. The van der Waals surface area contributed by atoms with Gasteiger partial charge in [0.25, 0.3) is 5.56 Å². The summed E-state index contributed by atoms with van der Waals surface area (Å²) in [5.74, 6) is -0.0681. The maximum absolute atomic E-state index is 15.7. The number of alkyl halides is 1. The van der Waals surface area contributed by atoms with Crippen LogP contribution in [0, 0.1) is 0 Å². The van der Waals surface area contributed by atoms with Crippen LogP contribution < -0.4 is 17.0 Å². The molecule has 21 heteroatoms. The Morgan fingerprint density at radius 1 is 1.19 bits per heavy atom. The molecule has 7 heterocycles. The first-order valence-corrected chi connectivity index (χ1v) is 15.3. The number of nitrogens with two attached hydrogens (primary N) is 2. The molecule has 3 aliphatic rings. The summed E-state index contributed by atoms with van der Waals surface area (Å²) in [6.45, 7) is -5.49. The van der Waals surface area contributed by atoms with Crippen LogP contribution in [-0.2, 0) is 30.5 Å². The van der Waals surface area contributed by atoms with Gasteiger partial charge in [0.2, 0.25) is 5.95 Å². The number of anilines is 2. The minimum Gasteiger partial charge on any atom is -0.394 e. The summed E-state index contributed by atoms with van der Waals surface area (Å²) in [4.78, 5) is 46.4. The zero-order valence-corrected chi connectivity index (χ0v) is 23.0. The molecule has 0 radical (unpaired) electrons. The third-order valence-corrected chi connectivity index (χ3v) is 10.6. The summed E-state index contributed by atoms with van der Waals surface area (Å²) in [6, 6.07) is 0. The van der Waals surface area contributed by atoms with E-state index in [4.69, 9.17) is 42.0 Å². The molecule has 0 saturated carbocycles. The van der Waals surface area contributed by atoms with E-state index in [0.717, 1.165) is 0 Å². The van der Waals surface area contributed by atoms with Gasteiger partial charge in [-0.05, 0) is 11.8 Å². The number of rotatable bonds is 7. The maximum atomic E-state index is 15.7. The molecule has 9 atom stereocenters. The lowest BCUT2D eigenvalue weighted by Crippen LogP contribution is -2.45. The molecule has 18 nitrogen and oxygen atoms in total. The van der Waals surface area contributed by atoms with Gasteiger partial charge in [0, 0.05) is 0 Å². The molecule has 4 aromatic rings. The van der Waals surface area contributed by atoms with Gasteiger partial charge >= 0.3 is 0 Å². The number of aliphatic hydroxyl groups is 2. The number of aromatic nitrogens is 8. The van der Waals surface area contributed by atoms with Gasteiger partial charge in [-0.1, -0.05) is 0 Å². The summed E-state index contributed by atoms with van der Waals surface area (Å²) < 4.78 is 42.0. The molecule has 3 aliphatic heterocycles. The Hall–Kier alpha value is -3.20. The van der Waals surface area contributed by atoms with Crippen molar-refractivity contribution >= 4 is 52.4 Å². The Kier molecular flexibility index (Phi) is 6.35. The fourth-order valence-electron chi connectivity index (χ4n) is 5.64. The number of hydrogen-bond donors (Lipinski definition) is 6. The second-order valence-corrected chi connectivity index (χ2v) is 13.7. The van der Waals surface area contributed by atoms with Crippen LogP contribution in [0.15, 0.2) is 23.8 Å². The summed E-state index contributed by atoms with van der Waals surface area (Å²) >= 11 is 5.45. The number of halogens is 1. The first kappa shape index (κ1) is 27.6. The number of H-pyrrole nitrogens is 1. The number of fused-ring (bicyclic) bond motifs is 4. The van der Waals surface area contributed by atoms with E-state index in [1.807, 2.05) is 0 Å². The van der Waals surface area contributed by atoms with Crippen molar-refractivity contribution in [2.75, 3.05) is 31.3 Å².